The average molecular weight is 397 g/mol. The second kappa shape index (κ2) is 10.0. The van der Waals surface area contributed by atoms with Gasteiger partial charge in [-0.05, 0) is 42.5 Å². The summed E-state index contributed by atoms with van der Waals surface area (Å²) in [4.78, 5) is 48.5. The highest BCUT2D eigenvalue weighted by Crippen LogP contribution is 2.18. The Bertz CT molecular complexity index is 909. The lowest BCUT2D eigenvalue weighted by atomic mass is 10.1. The molecule has 2 N–H and O–H groups in total. The van der Waals surface area contributed by atoms with Crippen LogP contribution in [0, 0.1) is 0 Å². The summed E-state index contributed by atoms with van der Waals surface area (Å²) >= 11 is 0. The first kappa shape index (κ1) is 21.6. The number of nitrogens with one attached hydrogen (secondary N) is 2. The molecule has 3 amide bonds. The quantitative estimate of drug-likeness (QED) is 0.699. The van der Waals surface area contributed by atoms with Crippen LogP contribution >= 0.6 is 0 Å². The van der Waals surface area contributed by atoms with Crippen molar-refractivity contribution < 1.29 is 23.9 Å². The van der Waals surface area contributed by atoms with E-state index in [1.807, 2.05) is 0 Å². The number of hydrogen-bond acceptors (Lipinski definition) is 5. The minimum absolute atomic E-state index is 0.0650. The number of hydrogen-bond donors (Lipinski definition) is 2. The molecule has 0 aliphatic carbocycles. The Balaban J connectivity index is 2.00. The van der Waals surface area contributed by atoms with E-state index in [1.54, 1.807) is 48.5 Å². The molecule has 29 heavy (non-hydrogen) atoms. The van der Waals surface area contributed by atoms with Crippen molar-refractivity contribution in [3.05, 3.63) is 54.1 Å². The van der Waals surface area contributed by atoms with Crippen LogP contribution in [0.4, 0.5) is 17.1 Å². The van der Waals surface area contributed by atoms with Crippen molar-refractivity contribution in [2.24, 2.45) is 0 Å². The number of amides is 3. The minimum Gasteiger partial charge on any atom is -0.465 e. The van der Waals surface area contributed by atoms with Crippen LogP contribution in [-0.2, 0) is 19.1 Å². The van der Waals surface area contributed by atoms with E-state index in [0.29, 0.717) is 22.6 Å². The number of carbonyl (C=O) groups is 4. The Kier molecular flexibility index (Phi) is 7.47. The molecular weight excluding hydrogens is 374 g/mol. The van der Waals surface area contributed by atoms with Crippen LogP contribution in [0.3, 0.4) is 0 Å². The van der Waals surface area contributed by atoms with Crippen LogP contribution in [0.25, 0.3) is 0 Å². The molecule has 0 unspecified atom stereocenters. The molecule has 0 atom stereocenters. The molecule has 0 fully saturated rings. The first-order chi connectivity index (χ1) is 13.8. The third-order valence-electron chi connectivity index (χ3n) is 4.01. The van der Waals surface area contributed by atoms with E-state index < -0.39 is 5.97 Å². The molecule has 0 heterocycles. The average Bonchev–Trinajstić information content (AvgIpc) is 2.68. The summed E-state index contributed by atoms with van der Waals surface area (Å²) in [7, 11) is 1.28. The Morgan fingerprint density at radius 2 is 1.55 bits per heavy atom. The van der Waals surface area contributed by atoms with Gasteiger partial charge in [-0.2, -0.15) is 0 Å². The number of ether oxygens (including phenoxy) is 1. The fraction of sp³-hybridized carbons (Fsp3) is 0.238. The first-order valence-electron chi connectivity index (χ1n) is 8.94. The van der Waals surface area contributed by atoms with Crippen molar-refractivity contribution in [2.45, 2.75) is 20.3 Å². The van der Waals surface area contributed by atoms with Crippen LogP contribution in [0.15, 0.2) is 48.5 Å². The number of anilines is 3. The fourth-order valence-electron chi connectivity index (χ4n) is 2.66. The predicted molar refractivity (Wildman–Crippen MR) is 110 cm³/mol. The van der Waals surface area contributed by atoms with Gasteiger partial charge in [0.25, 0.3) is 0 Å². The number of methoxy groups -OCH3 is 1. The molecule has 0 radical (unpaired) electrons. The van der Waals surface area contributed by atoms with Gasteiger partial charge in [-0.15, -0.1) is 0 Å². The highest BCUT2D eigenvalue weighted by atomic mass is 16.5. The van der Waals surface area contributed by atoms with Crippen molar-refractivity contribution >= 4 is 40.8 Å². The summed E-state index contributed by atoms with van der Waals surface area (Å²) in [6.45, 7) is 2.95. The second-order valence-corrected chi connectivity index (χ2v) is 6.27. The van der Waals surface area contributed by atoms with Gasteiger partial charge < -0.3 is 20.3 Å². The highest BCUT2D eigenvalue weighted by Gasteiger charge is 2.16. The summed E-state index contributed by atoms with van der Waals surface area (Å²) in [5.74, 6) is -1.20. The fourth-order valence-corrected chi connectivity index (χ4v) is 2.66. The molecule has 8 heteroatoms. The Hall–Kier alpha value is -3.68. The zero-order valence-corrected chi connectivity index (χ0v) is 16.5. The van der Waals surface area contributed by atoms with Crippen LogP contribution in [0.1, 0.15) is 30.6 Å². The van der Waals surface area contributed by atoms with Gasteiger partial charge in [0, 0.05) is 43.9 Å². The maximum absolute atomic E-state index is 12.3. The van der Waals surface area contributed by atoms with Crippen LogP contribution in [0.2, 0.25) is 0 Å². The molecule has 0 saturated heterocycles. The summed E-state index contributed by atoms with van der Waals surface area (Å²) in [6, 6.07) is 13.2. The van der Waals surface area contributed by atoms with Gasteiger partial charge in [0.15, 0.2) is 0 Å². The molecule has 0 bridgehead atoms. The van der Waals surface area contributed by atoms with E-state index >= 15 is 0 Å². The molecule has 2 aromatic rings. The summed E-state index contributed by atoms with van der Waals surface area (Å²) < 4.78 is 4.70. The number of nitrogens with zero attached hydrogens (tertiary/aromatic N) is 1. The Morgan fingerprint density at radius 3 is 2.10 bits per heavy atom. The zero-order chi connectivity index (χ0) is 21.4. The smallest absolute Gasteiger partial charge is 0.337 e. The molecular formula is C21H23N3O5. The molecule has 152 valence electrons. The monoisotopic (exact) mass is 397 g/mol. The second-order valence-electron chi connectivity index (χ2n) is 6.27. The van der Waals surface area contributed by atoms with Gasteiger partial charge in [0.05, 0.1) is 12.7 Å². The summed E-state index contributed by atoms with van der Waals surface area (Å²) in [6.07, 6.45) is 0.0650. The molecule has 0 saturated carbocycles. The van der Waals surface area contributed by atoms with Gasteiger partial charge in [-0.3, -0.25) is 14.4 Å². The largest absolute Gasteiger partial charge is 0.465 e. The Morgan fingerprint density at radius 1 is 0.931 bits per heavy atom. The first-order valence-corrected chi connectivity index (χ1v) is 8.94. The van der Waals surface area contributed by atoms with Gasteiger partial charge in [-0.25, -0.2) is 4.79 Å². The van der Waals surface area contributed by atoms with Gasteiger partial charge in [0.1, 0.15) is 0 Å². The van der Waals surface area contributed by atoms with E-state index in [-0.39, 0.29) is 30.7 Å². The highest BCUT2D eigenvalue weighted by molar-refractivity contribution is 5.97. The lowest BCUT2D eigenvalue weighted by Crippen LogP contribution is -2.32. The van der Waals surface area contributed by atoms with Crippen molar-refractivity contribution in [1.82, 2.24) is 0 Å². The molecule has 2 aromatic carbocycles. The SMILES string of the molecule is COC(=O)c1cccc(N(CCC(=O)Nc2ccc(NC(C)=O)cc2)C(C)=O)c1. The number of rotatable bonds is 7. The van der Waals surface area contributed by atoms with E-state index in [1.165, 1.54) is 25.9 Å². The van der Waals surface area contributed by atoms with Crippen LogP contribution < -0.4 is 15.5 Å². The van der Waals surface area contributed by atoms with E-state index in [2.05, 4.69) is 10.6 Å². The number of esters is 1. The third-order valence-corrected chi connectivity index (χ3v) is 4.01. The Labute approximate surface area is 168 Å². The van der Waals surface area contributed by atoms with Crippen LogP contribution in [0.5, 0.6) is 0 Å². The lowest BCUT2D eigenvalue weighted by Gasteiger charge is -2.21. The minimum atomic E-state index is -0.504. The third kappa shape index (κ3) is 6.46. The maximum Gasteiger partial charge on any atom is 0.337 e. The van der Waals surface area contributed by atoms with Crippen LogP contribution in [-0.4, -0.2) is 37.3 Å². The van der Waals surface area contributed by atoms with Gasteiger partial charge in [-0.1, -0.05) is 6.07 Å². The molecule has 0 spiro atoms. The van der Waals surface area contributed by atoms with E-state index in [9.17, 15) is 19.2 Å². The van der Waals surface area contributed by atoms with Crippen molar-refractivity contribution in [1.29, 1.82) is 0 Å². The number of benzene rings is 2. The van der Waals surface area contributed by atoms with E-state index in [4.69, 9.17) is 4.74 Å². The molecule has 8 nitrogen and oxygen atoms in total. The predicted octanol–water partition coefficient (Wildman–Crippen LogP) is 2.81. The lowest BCUT2D eigenvalue weighted by molar-refractivity contribution is -0.117. The normalized spacial score (nSPS) is 10.0. The van der Waals surface area contributed by atoms with Crippen molar-refractivity contribution in [3.63, 3.8) is 0 Å². The summed E-state index contributed by atoms with van der Waals surface area (Å²) in [5.41, 5.74) is 2.03. The molecule has 2 rings (SSSR count). The topological polar surface area (TPSA) is 105 Å². The molecule has 0 aromatic heterocycles. The van der Waals surface area contributed by atoms with E-state index in [0.717, 1.165) is 0 Å². The van der Waals surface area contributed by atoms with Gasteiger partial charge >= 0.3 is 5.97 Å². The zero-order valence-electron chi connectivity index (χ0n) is 16.5. The number of carbonyl (C=O) groups excluding carboxylic acids is 4. The summed E-state index contributed by atoms with van der Waals surface area (Å²) in [5, 5.41) is 5.39. The molecule has 0 aliphatic rings. The van der Waals surface area contributed by atoms with Crippen molar-refractivity contribution in [3.8, 4) is 0 Å². The molecule has 0 aliphatic heterocycles. The standard InChI is InChI=1S/C21H23N3O5/c1-14(25)22-17-7-9-18(10-8-17)23-20(27)11-12-24(15(2)26)19-6-4-5-16(13-19)21(28)29-3/h4-10,13H,11-12H2,1-3H3,(H,22,25)(H,23,27). The van der Waals surface area contributed by atoms with Crippen molar-refractivity contribution in [2.75, 3.05) is 29.2 Å². The van der Waals surface area contributed by atoms with Gasteiger partial charge in [0.2, 0.25) is 17.7 Å². The maximum atomic E-state index is 12.3.